The average molecular weight is 308 g/mol. The fourth-order valence-electron chi connectivity index (χ4n) is 3.05. The molecule has 1 unspecified atom stereocenters. The van der Waals surface area contributed by atoms with Crippen LogP contribution in [-0.4, -0.2) is 25.0 Å². The number of ether oxygens (including phenoxy) is 1. The first kappa shape index (κ1) is 13.8. The van der Waals surface area contributed by atoms with Crippen LogP contribution in [0, 0.1) is 0 Å². The number of fused-ring (bicyclic) bond motifs is 1. The SMILES string of the molecule is O=C1CC(c2ccc(-c3ccc4c(c3)NC(=O)CO4)cc2)CN1. The molecule has 0 spiro atoms. The number of hydrogen-bond donors (Lipinski definition) is 2. The molecule has 5 heteroatoms. The molecular formula is C18H16N2O3. The molecule has 1 atom stereocenters. The predicted octanol–water partition coefficient (Wildman–Crippen LogP) is 2.29. The maximum absolute atomic E-state index is 11.4. The zero-order chi connectivity index (χ0) is 15.8. The van der Waals surface area contributed by atoms with Gasteiger partial charge in [-0.1, -0.05) is 30.3 Å². The summed E-state index contributed by atoms with van der Waals surface area (Å²) >= 11 is 0. The second kappa shape index (κ2) is 5.43. The molecule has 0 radical (unpaired) electrons. The fourth-order valence-corrected chi connectivity index (χ4v) is 3.05. The molecule has 5 nitrogen and oxygen atoms in total. The molecule has 1 saturated heterocycles. The summed E-state index contributed by atoms with van der Waals surface area (Å²) in [5.74, 6) is 0.932. The van der Waals surface area contributed by atoms with Crippen LogP contribution in [0.2, 0.25) is 0 Å². The maximum Gasteiger partial charge on any atom is 0.262 e. The van der Waals surface area contributed by atoms with E-state index in [1.165, 1.54) is 5.56 Å². The number of amides is 2. The monoisotopic (exact) mass is 308 g/mol. The molecule has 2 N–H and O–H groups in total. The van der Waals surface area contributed by atoms with E-state index in [1.54, 1.807) is 0 Å². The minimum absolute atomic E-state index is 0.0647. The van der Waals surface area contributed by atoms with E-state index in [0.29, 0.717) is 24.4 Å². The Bertz CT molecular complexity index is 783. The Hall–Kier alpha value is -2.82. The molecule has 23 heavy (non-hydrogen) atoms. The maximum atomic E-state index is 11.4. The van der Waals surface area contributed by atoms with Crippen LogP contribution < -0.4 is 15.4 Å². The summed E-state index contributed by atoms with van der Waals surface area (Å²) in [6.45, 7) is 0.773. The molecule has 116 valence electrons. The Morgan fingerprint density at radius 1 is 0.957 bits per heavy atom. The van der Waals surface area contributed by atoms with Gasteiger partial charge in [-0.15, -0.1) is 0 Å². The lowest BCUT2D eigenvalue weighted by Gasteiger charge is -2.18. The lowest BCUT2D eigenvalue weighted by Crippen LogP contribution is -2.25. The lowest BCUT2D eigenvalue weighted by atomic mass is 9.95. The van der Waals surface area contributed by atoms with Crippen LogP contribution >= 0.6 is 0 Å². The third kappa shape index (κ3) is 2.65. The smallest absolute Gasteiger partial charge is 0.262 e. The highest BCUT2D eigenvalue weighted by molar-refractivity contribution is 5.96. The third-order valence-corrected chi connectivity index (χ3v) is 4.31. The predicted molar refractivity (Wildman–Crippen MR) is 86.4 cm³/mol. The van der Waals surface area contributed by atoms with E-state index in [1.807, 2.05) is 30.3 Å². The summed E-state index contributed by atoms with van der Waals surface area (Å²) in [6.07, 6.45) is 0.557. The molecule has 2 amide bonds. The highest BCUT2D eigenvalue weighted by Gasteiger charge is 2.23. The van der Waals surface area contributed by atoms with E-state index in [-0.39, 0.29) is 24.3 Å². The summed E-state index contributed by atoms with van der Waals surface area (Å²) in [5, 5.41) is 5.68. The van der Waals surface area contributed by atoms with Crippen molar-refractivity contribution in [2.24, 2.45) is 0 Å². The van der Waals surface area contributed by atoms with E-state index in [0.717, 1.165) is 11.1 Å². The topological polar surface area (TPSA) is 67.4 Å². The van der Waals surface area contributed by atoms with Gasteiger partial charge in [-0.2, -0.15) is 0 Å². The van der Waals surface area contributed by atoms with Crippen molar-refractivity contribution in [3.63, 3.8) is 0 Å². The molecule has 1 fully saturated rings. The summed E-state index contributed by atoms with van der Waals surface area (Å²) in [7, 11) is 0. The van der Waals surface area contributed by atoms with Crippen LogP contribution in [0.1, 0.15) is 17.9 Å². The van der Waals surface area contributed by atoms with E-state index < -0.39 is 0 Å². The van der Waals surface area contributed by atoms with E-state index in [9.17, 15) is 9.59 Å². The Morgan fingerprint density at radius 2 is 1.74 bits per heavy atom. The van der Waals surface area contributed by atoms with Gasteiger partial charge < -0.3 is 15.4 Å². The summed E-state index contributed by atoms with van der Waals surface area (Å²) in [6, 6.07) is 14.0. The molecule has 0 aliphatic carbocycles. The van der Waals surface area contributed by atoms with Gasteiger partial charge in [0.05, 0.1) is 5.69 Å². The first-order valence-electron chi connectivity index (χ1n) is 7.63. The first-order chi connectivity index (χ1) is 11.2. The van der Waals surface area contributed by atoms with E-state index in [2.05, 4.69) is 22.8 Å². The van der Waals surface area contributed by atoms with Crippen LogP contribution in [0.5, 0.6) is 5.75 Å². The number of anilines is 1. The zero-order valence-corrected chi connectivity index (χ0v) is 12.5. The van der Waals surface area contributed by atoms with Crippen molar-refractivity contribution < 1.29 is 14.3 Å². The number of carbonyl (C=O) groups is 2. The lowest BCUT2D eigenvalue weighted by molar-refractivity contribution is -0.119. The molecule has 0 aromatic heterocycles. The van der Waals surface area contributed by atoms with E-state index >= 15 is 0 Å². The summed E-state index contributed by atoms with van der Waals surface area (Å²) in [5.41, 5.74) is 3.95. The summed E-state index contributed by atoms with van der Waals surface area (Å²) in [4.78, 5) is 22.7. The van der Waals surface area contributed by atoms with Gasteiger partial charge >= 0.3 is 0 Å². The Kier molecular flexibility index (Phi) is 3.26. The van der Waals surface area contributed by atoms with E-state index in [4.69, 9.17) is 4.74 Å². The summed E-state index contributed by atoms with van der Waals surface area (Å²) < 4.78 is 5.37. The molecule has 0 bridgehead atoms. The van der Waals surface area contributed by atoms with Crippen LogP contribution in [0.25, 0.3) is 11.1 Å². The van der Waals surface area contributed by atoms with Crippen LogP contribution in [-0.2, 0) is 9.59 Å². The van der Waals surface area contributed by atoms with Crippen molar-refractivity contribution in [3.05, 3.63) is 48.0 Å². The van der Waals surface area contributed by atoms with Gasteiger partial charge in [0.25, 0.3) is 5.91 Å². The van der Waals surface area contributed by atoms with Crippen molar-refractivity contribution in [3.8, 4) is 16.9 Å². The van der Waals surface area contributed by atoms with Crippen molar-refractivity contribution >= 4 is 17.5 Å². The van der Waals surface area contributed by atoms with Crippen molar-refractivity contribution in [2.45, 2.75) is 12.3 Å². The largest absolute Gasteiger partial charge is 0.482 e. The number of hydrogen-bond acceptors (Lipinski definition) is 3. The number of carbonyl (C=O) groups excluding carboxylic acids is 2. The minimum Gasteiger partial charge on any atom is -0.482 e. The van der Waals surface area contributed by atoms with Crippen molar-refractivity contribution in [1.29, 1.82) is 0 Å². The highest BCUT2D eigenvalue weighted by atomic mass is 16.5. The normalized spacial score (nSPS) is 19.6. The molecule has 4 rings (SSSR count). The first-order valence-corrected chi connectivity index (χ1v) is 7.63. The zero-order valence-electron chi connectivity index (χ0n) is 12.5. The quantitative estimate of drug-likeness (QED) is 0.894. The second-order valence-corrected chi connectivity index (χ2v) is 5.87. The molecule has 2 aromatic rings. The Labute approximate surface area is 133 Å². The van der Waals surface area contributed by atoms with Crippen LogP contribution in [0.3, 0.4) is 0 Å². The molecule has 2 aliphatic heterocycles. The highest BCUT2D eigenvalue weighted by Crippen LogP contribution is 2.33. The Morgan fingerprint density at radius 3 is 2.48 bits per heavy atom. The van der Waals surface area contributed by atoms with Crippen molar-refractivity contribution in [1.82, 2.24) is 5.32 Å². The third-order valence-electron chi connectivity index (χ3n) is 4.31. The van der Waals surface area contributed by atoms with Gasteiger partial charge in [0.1, 0.15) is 5.75 Å². The van der Waals surface area contributed by atoms with Gasteiger partial charge in [-0.3, -0.25) is 9.59 Å². The minimum atomic E-state index is -0.136. The Balaban J connectivity index is 1.60. The number of nitrogens with one attached hydrogen (secondary N) is 2. The molecule has 2 aromatic carbocycles. The second-order valence-electron chi connectivity index (χ2n) is 5.87. The van der Waals surface area contributed by atoms with Gasteiger partial charge in [-0.25, -0.2) is 0 Å². The average Bonchev–Trinajstić information content (AvgIpc) is 3.01. The standard InChI is InChI=1S/C18H16N2O3/c21-17-8-14(9-19-17)12-3-1-11(2-4-12)13-5-6-16-15(7-13)20-18(22)10-23-16/h1-7,14H,8-10H2,(H,19,21)(H,20,22). The number of benzene rings is 2. The van der Waals surface area contributed by atoms with Crippen LogP contribution in [0.15, 0.2) is 42.5 Å². The number of rotatable bonds is 2. The molecule has 2 aliphatic rings. The molecule has 2 heterocycles. The van der Waals surface area contributed by atoms with Gasteiger partial charge in [0, 0.05) is 18.9 Å². The molecule has 0 saturated carbocycles. The van der Waals surface area contributed by atoms with Gasteiger partial charge in [0.2, 0.25) is 5.91 Å². The van der Waals surface area contributed by atoms with Crippen LogP contribution in [0.4, 0.5) is 5.69 Å². The fraction of sp³-hybridized carbons (Fsp3) is 0.222. The van der Waals surface area contributed by atoms with Gasteiger partial charge in [-0.05, 0) is 28.8 Å². The molecular weight excluding hydrogens is 292 g/mol. The van der Waals surface area contributed by atoms with Gasteiger partial charge in [0.15, 0.2) is 6.61 Å². The van der Waals surface area contributed by atoms with Crippen molar-refractivity contribution in [2.75, 3.05) is 18.5 Å².